The van der Waals surface area contributed by atoms with E-state index in [4.69, 9.17) is 4.98 Å². The SMILES string of the molecule is O=C(O)[C@H]1CN(c2nc(-c3ccccc3)nc3ccccc23)CCN1. The highest BCUT2D eigenvalue weighted by atomic mass is 16.4. The lowest BCUT2D eigenvalue weighted by molar-refractivity contribution is -0.139. The minimum Gasteiger partial charge on any atom is -0.480 e. The van der Waals surface area contributed by atoms with Gasteiger partial charge in [-0.1, -0.05) is 42.5 Å². The zero-order valence-corrected chi connectivity index (χ0v) is 13.6. The number of hydrogen-bond donors (Lipinski definition) is 2. The Bertz CT molecular complexity index is 914. The number of para-hydroxylation sites is 1. The van der Waals surface area contributed by atoms with Gasteiger partial charge in [-0.3, -0.25) is 4.79 Å². The van der Waals surface area contributed by atoms with Gasteiger partial charge in [0.15, 0.2) is 5.82 Å². The molecule has 0 saturated carbocycles. The number of aromatic nitrogens is 2. The average molecular weight is 334 g/mol. The van der Waals surface area contributed by atoms with Gasteiger partial charge in [0.25, 0.3) is 0 Å². The van der Waals surface area contributed by atoms with Crippen molar-refractivity contribution < 1.29 is 9.90 Å². The van der Waals surface area contributed by atoms with Crippen molar-refractivity contribution in [3.63, 3.8) is 0 Å². The molecule has 2 N–H and O–H groups in total. The maximum absolute atomic E-state index is 11.4. The first-order valence-corrected chi connectivity index (χ1v) is 8.26. The van der Waals surface area contributed by atoms with Crippen molar-refractivity contribution >= 4 is 22.7 Å². The van der Waals surface area contributed by atoms with E-state index < -0.39 is 12.0 Å². The third kappa shape index (κ3) is 3.04. The first-order chi connectivity index (χ1) is 12.2. The summed E-state index contributed by atoms with van der Waals surface area (Å²) in [5, 5.41) is 13.3. The van der Waals surface area contributed by atoms with Crippen LogP contribution < -0.4 is 10.2 Å². The molecule has 1 saturated heterocycles. The molecule has 0 spiro atoms. The van der Waals surface area contributed by atoms with Crippen LogP contribution in [-0.4, -0.2) is 46.7 Å². The van der Waals surface area contributed by atoms with Crippen molar-refractivity contribution in [2.75, 3.05) is 24.5 Å². The molecule has 1 aliphatic rings. The largest absolute Gasteiger partial charge is 0.480 e. The van der Waals surface area contributed by atoms with Crippen molar-refractivity contribution in [2.24, 2.45) is 0 Å². The fraction of sp³-hybridized carbons (Fsp3) is 0.211. The molecule has 1 aliphatic heterocycles. The van der Waals surface area contributed by atoms with Crippen molar-refractivity contribution in [1.82, 2.24) is 15.3 Å². The first kappa shape index (κ1) is 15.5. The van der Waals surface area contributed by atoms with Gasteiger partial charge in [0.05, 0.1) is 5.52 Å². The zero-order chi connectivity index (χ0) is 17.2. The molecule has 0 unspecified atom stereocenters. The Morgan fingerprint density at radius 1 is 1.08 bits per heavy atom. The van der Waals surface area contributed by atoms with E-state index >= 15 is 0 Å². The van der Waals surface area contributed by atoms with E-state index in [-0.39, 0.29) is 0 Å². The summed E-state index contributed by atoms with van der Waals surface area (Å²) >= 11 is 0. The number of hydrogen-bond acceptors (Lipinski definition) is 5. The topological polar surface area (TPSA) is 78.3 Å². The van der Waals surface area contributed by atoms with Gasteiger partial charge in [-0.05, 0) is 12.1 Å². The van der Waals surface area contributed by atoms with Gasteiger partial charge in [-0.2, -0.15) is 0 Å². The van der Waals surface area contributed by atoms with Crippen LogP contribution in [-0.2, 0) is 4.79 Å². The standard InChI is InChI=1S/C19H18N4O2/c24-19(25)16-12-23(11-10-20-16)18-14-8-4-5-9-15(14)21-17(22-18)13-6-2-1-3-7-13/h1-9,16,20H,10-12H2,(H,24,25)/t16-/m1/s1. The number of nitrogens with zero attached hydrogens (tertiary/aromatic N) is 3. The van der Waals surface area contributed by atoms with Crippen molar-refractivity contribution in [1.29, 1.82) is 0 Å². The molecule has 2 aromatic carbocycles. The number of piperazine rings is 1. The van der Waals surface area contributed by atoms with Crippen LogP contribution in [0.25, 0.3) is 22.3 Å². The molecule has 6 heteroatoms. The summed E-state index contributed by atoms with van der Waals surface area (Å²) in [6, 6.07) is 17.1. The zero-order valence-electron chi connectivity index (χ0n) is 13.6. The first-order valence-electron chi connectivity index (χ1n) is 8.26. The fourth-order valence-electron chi connectivity index (χ4n) is 3.12. The summed E-state index contributed by atoms with van der Waals surface area (Å²) in [5.74, 6) is 0.600. The summed E-state index contributed by atoms with van der Waals surface area (Å²) in [5.41, 5.74) is 1.80. The predicted octanol–water partition coefficient (Wildman–Crippen LogP) is 2.16. The monoisotopic (exact) mass is 334 g/mol. The number of rotatable bonds is 3. The van der Waals surface area contributed by atoms with Gasteiger partial charge in [-0.15, -0.1) is 0 Å². The number of aliphatic carboxylic acids is 1. The van der Waals surface area contributed by atoms with Gasteiger partial charge in [-0.25, -0.2) is 9.97 Å². The molecule has 0 bridgehead atoms. The number of benzene rings is 2. The highest BCUT2D eigenvalue weighted by molar-refractivity contribution is 5.91. The van der Waals surface area contributed by atoms with Crippen LogP contribution in [0.5, 0.6) is 0 Å². The molecule has 25 heavy (non-hydrogen) atoms. The maximum atomic E-state index is 11.4. The molecule has 1 atom stereocenters. The van der Waals surface area contributed by atoms with E-state index in [1.807, 2.05) is 59.5 Å². The molecule has 1 aromatic heterocycles. The minimum absolute atomic E-state index is 0.380. The summed E-state index contributed by atoms with van der Waals surface area (Å²) in [6.07, 6.45) is 0. The number of nitrogens with one attached hydrogen (secondary N) is 1. The summed E-state index contributed by atoms with van der Waals surface area (Å²) in [6.45, 7) is 1.69. The van der Waals surface area contributed by atoms with E-state index in [0.717, 1.165) is 22.3 Å². The van der Waals surface area contributed by atoms with E-state index in [0.29, 0.717) is 25.5 Å². The highest BCUT2D eigenvalue weighted by Crippen LogP contribution is 2.28. The van der Waals surface area contributed by atoms with Gasteiger partial charge in [0, 0.05) is 30.6 Å². The number of anilines is 1. The normalized spacial score (nSPS) is 17.6. The van der Waals surface area contributed by atoms with Gasteiger partial charge in [0.1, 0.15) is 11.9 Å². The molecule has 6 nitrogen and oxygen atoms in total. The third-order valence-corrected chi connectivity index (χ3v) is 4.39. The molecule has 0 radical (unpaired) electrons. The Morgan fingerprint density at radius 3 is 2.64 bits per heavy atom. The fourth-order valence-corrected chi connectivity index (χ4v) is 3.12. The van der Waals surface area contributed by atoms with Crippen molar-refractivity contribution in [3.8, 4) is 11.4 Å². The molecular formula is C19H18N4O2. The maximum Gasteiger partial charge on any atom is 0.322 e. The van der Waals surface area contributed by atoms with Crippen LogP contribution in [0.15, 0.2) is 54.6 Å². The lowest BCUT2D eigenvalue weighted by Gasteiger charge is -2.33. The Kier molecular flexibility index (Phi) is 4.03. The number of carbonyl (C=O) groups is 1. The molecule has 0 aliphatic carbocycles. The second-order valence-electron chi connectivity index (χ2n) is 6.04. The van der Waals surface area contributed by atoms with Crippen LogP contribution in [0, 0.1) is 0 Å². The van der Waals surface area contributed by atoms with E-state index in [1.165, 1.54) is 0 Å². The van der Waals surface area contributed by atoms with Gasteiger partial charge >= 0.3 is 5.97 Å². The van der Waals surface area contributed by atoms with Gasteiger partial charge < -0.3 is 15.3 Å². The molecule has 3 aromatic rings. The van der Waals surface area contributed by atoms with E-state index in [1.54, 1.807) is 0 Å². The van der Waals surface area contributed by atoms with Crippen molar-refractivity contribution in [3.05, 3.63) is 54.6 Å². The molecule has 4 rings (SSSR count). The van der Waals surface area contributed by atoms with E-state index in [9.17, 15) is 9.90 Å². The van der Waals surface area contributed by atoms with Crippen LogP contribution in [0.1, 0.15) is 0 Å². The van der Waals surface area contributed by atoms with Crippen molar-refractivity contribution in [2.45, 2.75) is 6.04 Å². The lowest BCUT2D eigenvalue weighted by atomic mass is 10.1. The third-order valence-electron chi connectivity index (χ3n) is 4.39. The lowest BCUT2D eigenvalue weighted by Crippen LogP contribution is -2.54. The summed E-state index contributed by atoms with van der Waals surface area (Å²) in [7, 11) is 0. The number of carboxylic acids is 1. The van der Waals surface area contributed by atoms with Crippen LogP contribution in [0.2, 0.25) is 0 Å². The predicted molar refractivity (Wildman–Crippen MR) is 96.6 cm³/mol. The van der Waals surface area contributed by atoms with Crippen LogP contribution in [0.3, 0.4) is 0 Å². The average Bonchev–Trinajstić information content (AvgIpc) is 2.68. The molecule has 0 amide bonds. The molecule has 2 heterocycles. The molecule has 126 valence electrons. The molecular weight excluding hydrogens is 316 g/mol. The Morgan fingerprint density at radius 2 is 1.84 bits per heavy atom. The number of fused-ring (bicyclic) bond motifs is 1. The Balaban J connectivity index is 1.83. The quantitative estimate of drug-likeness (QED) is 0.764. The smallest absolute Gasteiger partial charge is 0.322 e. The van der Waals surface area contributed by atoms with Crippen LogP contribution in [0.4, 0.5) is 5.82 Å². The Hall–Kier alpha value is -2.99. The van der Waals surface area contributed by atoms with Crippen LogP contribution >= 0.6 is 0 Å². The van der Waals surface area contributed by atoms with Gasteiger partial charge in [0.2, 0.25) is 0 Å². The molecule has 1 fully saturated rings. The van der Waals surface area contributed by atoms with E-state index in [2.05, 4.69) is 10.3 Å². The summed E-state index contributed by atoms with van der Waals surface area (Å²) < 4.78 is 0. The Labute approximate surface area is 145 Å². The second-order valence-corrected chi connectivity index (χ2v) is 6.04. The summed E-state index contributed by atoms with van der Waals surface area (Å²) in [4.78, 5) is 22.9. The number of carboxylic acid groups (broad SMARTS) is 1. The second kappa shape index (κ2) is 6.49. The minimum atomic E-state index is -0.841. The highest BCUT2D eigenvalue weighted by Gasteiger charge is 2.27.